The van der Waals surface area contributed by atoms with E-state index in [1.807, 2.05) is 24.3 Å². The van der Waals surface area contributed by atoms with E-state index in [1.54, 1.807) is 18.2 Å². The SMILES string of the molecule is Nc1cccc(C(=O)Nc2nc3ccccc3s2)c1N. The molecule has 0 unspecified atom stereocenters. The number of aromatic nitrogens is 1. The quantitative estimate of drug-likeness (QED) is 0.631. The number of nitrogens with two attached hydrogens (primary N) is 2. The number of benzene rings is 2. The van der Waals surface area contributed by atoms with Gasteiger partial charge in [0.05, 0.1) is 27.2 Å². The molecule has 100 valence electrons. The van der Waals surface area contributed by atoms with Crippen LogP contribution in [0.4, 0.5) is 16.5 Å². The van der Waals surface area contributed by atoms with Crippen molar-refractivity contribution in [3.05, 3.63) is 48.0 Å². The summed E-state index contributed by atoms with van der Waals surface area (Å²) >= 11 is 1.42. The number of anilines is 3. The van der Waals surface area contributed by atoms with Gasteiger partial charge in [-0.25, -0.2) is 4.98 Å². The van der Waals surface area contributed by atoms with Crippen LogP contribution in [-0.4, -0.2) is 10.9 Å². The number of nitrogens with zero attached hydrogens (tertiary/aromatic N) is 1. The summed E-state index contributed by atoms with van der Waals surface area (Å²) in [7, 11) is 0. The predicted octanol–water partition coefficient (Wildman–Crippen LogP) is 2.71. The minimum absolute atomic E-state index is 0.283. The number of carbonyl (C=O) groups excluding carboxylic acids is 1. The maximum atomic E-state index is 12.2. The second-order valence-electron chi connectivity index (χ2n) is 4.25. The Morgan fingerprint density at radius 3 is 2.70 bits per heavy atom. The first-order chi connectivity index (χ1) is 9.65. The van der Waals surface area contributed by atoms with Crippen molar-refractivity contribution in [3.63, 3.8) is 0 Å². The van der Waals surface area contributed by atoms with Crippen molar-refractivity contribution >= 4 is 44.0 Å². The van der Waals surface area contributed by atoms with Crippen LogP contribution in [0.25, 0.3) is 10.2 Å². The van der Waals surface area contributed by atoms with E-state index >= 15 is 0 Å². The van der Waals surface area contributed by atoms with Gasteiger partial charge in [0.15, 0.2) is 5.13 Å². The third-order valence-corrected chi connectivity index (χ3v) is 3.85. The molecule has 0 spiro atoms. The molecule has 2 aromatic carbocycles. The molecule has 0 aliphatic carbocycles. The number of thiazole rings is 1. The number of amides is 1. The van der Waals surface area contributed by atoms with E-state index in [2.05, 4.69) is 10.3 Å². The van der Waals surface area contributed by atoms with Gasteiger partial charge in [-0.1, -0.05) is 29.5 Å². The number of nitrogens with one attached hydrogen (secondary N) is 1. The predicted molar refractivity (Wildman–Crippen MR) is 82.8 cm³/mol. The number of fused-ring (bicyclic) bond motifs is 1. The minimum Gasteiger partial charge on any atom is -0.397 e. The van der Waals surface area contributed by atoms with Gasteiger partial charge in [0.25, 0.3) is 5.91 Å². The van der Waals surface area contributed by atoms with E-state index in [9.17, 15) is 4.79 Å². The highest BCUT2D eigenvalue weighted by atomic mass is 32.1. The number of rotatable bonds is 2. The van der Waals surface area contributed by atoms with Crippen LogP contribution in [0.2, 0.25) is 0 Å². The number of hydrogen-bond acceptors (Lipinski definition) is 5. The van der Waals surface area contributed by atoms with E-state index in [0.717, 1.165) is 10.2 Å². The van der Waals surface area contributed by atoms with Gasteiger partial charge >= 0.3 is 0 Å². The average Bonchev–Trinajstić information content (AvgIpc) is 2.83. The minimum atomic E-state index is -0.311. The molecule has 3 aromatic rings. The second kappa shape index (κ2) is 4.82. The summed E-state index contributed by atoms with van der Waals surface area (Å²) in [6.45, 7) is 0. The van der Waals surface area contributed by atoms with Gasteiger partial charge in [0.2, 0.25) is 0 Å². The lowest BCUT2D eigenvalue weighted by Crippen LogP contribution is -2.14. The lowest BCUT2D eigenvalue weighted by Gasteiger charge is -2.06. The van der Waals surface area contributed by atoms with Gasteiger partial charge in [0, 0.05) is 0 Å². The molecule has 0 bridgehead atoms. The molecule has 1 heterocycles. The standard InChI is InChI=1S/C14H12N4OS/c15-9-5-3-4-8(12(9)16)13(19)18-14-17-10-6-1-2-7-11(10)20-14/h1-7H,15-16H2,(H,17,18,19). The van der Waals surface area contributed by atoms with Crippen molar-refractivity contribution in [2.24, 2.45) is 0 Å². The van der Waals surface area contributed by atoms with Gasteiger partial charge in [0.1, 0.15) is 0 Å². The lowest BCUT2D eigenvalue weighted by atomic mass is 10.1. The number of nitrogen functional groups attached to an aromatic ring is 2. The summed E-state index contributed by atoms with van der Waals surface area (Å²) in [6.07, 6.45) is 0. The Bertz CT molecular complexity index is 764. The molecule has 1 amide bonds. The van der Waals surface area contributed by atoms with Crippen LogP contribution in [0.5, 0.6) is 0 Å². The number of hydrogen-bond donors (Lipinski definition) is 3. The largest absolute Gasteiger partial charge is 0.397 e. The van der Waals surface area contributed by atoms with Crippen LogP contribution in [0.3, 0.4) is 0 Å². The molecular weight excluding hydrogens is 272 g/mol. The molecular formula is C14H12N4OS. The van der Waals surface area contributed by atoms with Gasteiger partial charge < -0.3 is 11.5 Å². The molecule has 0 radical (unpaired) electrons. The average molecular weight is 284 g/mol. The molecule has 20 heavy (non-hydrogen) atoms. The first-order valence-electron chi connectivity index (χ1n) is 5.96. The summed E-state index contributed by atoms with van der Waals surface area (Å²) in [5.41, 5.74) is 13.4. The smallest absolute Gasteiger partial charge is 0.259 e. The zero-order valence-electron chi connectivity index (χ0n) is 10.5. The molecule has 0 saturated heterocycles. The first-order valence-corrected chi connectivity index (χ1v) is 6.77. The highest BCUT2D eigenvalue weighted by molar-refractivity contribution is 7.22. The first kappa shape index (κ1) is 12.4. The van der Waals surface area contributed by atoms with Gasteiger partial charge in [-0.15, -0.1) is 0 Å². The second-order valence-corrected chi connectivity index (χ2v) is 5.28. The van der Waals surface area contributed by atoms with Crippen LogP contribution < -0.4 is 16.8 Å². The van der Waals surface area contributed by atoms with Crippen molar-refractivity contribution in [2.75, 3.05) is 16.8 Å². The number of para-hydroxylation sites is 2. The third-order valence-electron chi connectivity index (χ3n) is 2.90. The van der Waals surface area contributed by atoms with Crippen molar-refractivity contribution in [2.45, 2.75) is 0 Å². The van der Waals surface area contributed by atoms with Crippen LogP contribution in [0.15, 0.2) is 42.5 Å². The van der Waals surface area contributed by atoms with Crippen LogP contribution in [0.1, 0.15) is 10.4 Å². The lowest BCUT2D eigenvalue weighted by molar-refractivity contribution is 0.102. The summed E-state index contributed by atoms with van der Waals surface area (Å²) in [4.78, 5) is 16.5. The van der Waals surface area contributed by atoms with Gasteiger partial charge in [-0.3, -0.25) is 10.1 Å². The normalized spacial score (nSPS) is 10.6. The maximum Gasteiger partial charge on any atom is 0.259 e. The van der Waals surface area contributed by atoms with E-state index in [4.69, 9.17) is 11.5 Å². The molecule has 0 atom stereocenters. The van der Waals surface area contributed by atoms with E-state index in [0.29, 0.717) is 16.4 Å². The van der Waals surface area contributed by atoms with Crippen LogP contribution >= 0.6 is 11.3 Å². The molecule has 0 aliphatic heterocycles. The molecule has 5 nitrogen and oxygen atoms in total. The maximum absolute atomic E-state index is 12.2. The molecule has 0 fully saturated rings. The number of carbonyl (C=O) groups is 1. The molecule has 3 rings (SSSR count). The monoisotopic (exact) mass is 284 g/mol. The summed E-state index contributed by atoms with van der Waals surface area (Å²) < 4.78 is 1.02. The van der Waals surface area contributed by atoms with Crippen LogP contribution in [-0.2, 0) is 0 Å². The highest BCUT2D eigenvalue weighted by Crippen LogP contribution is 2.27. The molecule has 6 heteroatoms. The Labute approximate surface area is 119 Å². The zero-order chi connectivity index (χ0) is 14.1. The van der Waals surface area contributed by atoms with E-state index < -0.39 is 0 Å². The molecule has 0 saturated carbocycles. The Hall–Kier alpha value is -2.60. The Kier molecular flexibility index (Phi) is 3.00. The summed E-state index contributed by atoms with van der Waals surface area (Å²) in [6, 6.07) is 12.7. The molecule has 0 aliphatic rings. The fraction of sp³-hybridized carbons (Fsp3) is 0. The van der Waals surface area contributed by atoms with Crippen molar-refractivity contribution < 1.29 is 4.79 Å². The van der Waals surface area contributed by atoms with Crippen molar-refractivity contribution in [1.29, 1.82) is 0 Å². The van der Waals surface area contributed by atoms with Gasteiger partial charge in [-0.05, 0) is 24.3 Å². The van der Waals surface area contributed by atoms with E-state index in [-0.39, 0.29) is 11.6 Å². The third kappa shape index (κ3) is 2.17. The van der Waals surface area contributed by atoms with Crippen molar-refractivity contribution in [3.8, 4) is 0 Å². The zero-order valence-corrected chi connectivity index (χ0v) is 11.3. The van der Waals surface area contributed by atoms with E-state index in [1.165, 1.54) is 11.3 Å². The van der Waals surface area contributed by atoms with Gasteiger partial charge in [-0.2, -0.15) is 0 Å². The Morgan fingerprint density at radius 2 is 1.90 bits per heavy atom. The highest BCUT2D eigenvalue weighted by Gasteiger charge is 2.13. The molecule has 1 aromatic heterocycles. The topological polar surface area (TPSA) is 94.0 Å². The molecule has 5 N–H and O–H groups in total. The fourth-order valence-electron chi connectivity index (χ4n) is 1.87. The summed E-state index contributed by atoms with van der Waals surface area (Å²) in [5.74, 6) is -0.311. The Balaban J connectivity index is 1.90. The summed E-state index contributed by atoms with van der Waals surface area (Å²) in [5, 5.41) is 3.29. The van der Waals surface area contributed by atoms with Crippen molar-refractivity contribution in [1.82, 2.24) is 4.98 Å². The Morgan fingerprint density at radius 1 is 1.10 bits per heavy atom. The fourth-order valence-corrected chi connectivity index (χ4v) is 2.73. The van der Waals surface area contributed by atoms with Crippen LogP contribution in [0, 0.1) is 0 Å².